The summed E-state index contributed by atoms with van der Waals surface area (Å²) in [6.07, 6.45) is 0.659. The van der Waals surface area contributed by atoms with Gasteiger partial charge in [0.2, 0.25) is 10.0 Å². The Labute approximate surface area is 118 Å². The maximum Gasteiger partial charge on any atom is 0.269 e. The molecule has 0 atom stereocenters. The molecule has 1 N–H and O–H groups in total. The standard InChI is InChI=1S/C12H19N3O4S/c1-3-20(18,19)14(2)10-4-9-13-11-5-7-12(8-6-11)15(16)17/h5-8,13H,3-4,9-10H2,1-2H3. The third kappa shape index (κ3) is 4.78. The molecule has 0 aliphatic carbocycles. The largest absolute Gasteiger partial charge is 0.385 e. The van der Waals surface area contributed by atoms with E-state index in [1.165, 1.54) is 16.4 Å². The van der Waals surface area contributed by atoms with Crippen LogP contribution in [-0.2, 0) is 10.0 Å². The van der Waals surface area contributed by atoms with Gasteiger partial charge in [0.25, 0.3) is 5.69 Å². The SMILES string of the molecule is CCS(=O)(=O)N(C)CCCNc1ccc([N+](=O)[O-])cc1. The van der Waals surface area contributed by atoms with Gasteiger partial charge in [-0.2, -0.15) is 0 Å². The molecule has 112 valence electrons. The van der Waals surface area contributed by atoms with Gasteiger partial charge in [-0.1, -0.05) is 0 Å². The molecule has 0 unspecified atom stereocenters. The zero-order chi connectivity index (χ0) is 15.2. The topological polar surface area (TPSA) is 92.6 Å². The normalized spacial score (nSPS) is 11.6. The van der Waals surface area contributed by atoms with E-state index in [-0.39, 0.29) is 11.4 Å². The Kier molecular flexibility index (Phi) is 5.90. The summed E-state index contributed by atoms with van der Waals surface area (Å²) in [7, 11) is -1.57. The minimum atomic E-state index is -3.13. The third-order valence-corrected chi connectivity index (χ3v) is 4.76. The quantitative estimate of drug-likeness (QED) is 0.448. The maximum atomic E-state index is 11.5. The molecule has 1 aromatic carbocycles. The van der Waals surface area contributed by atoms with Gasteiger partial charge in [-0.25, -0.2) is 12.7 Å². The van der Waals surface area contributed by atoms with E-state index in [0.29, 0.717) is 19.5 Å². The van der Waals surface area contributed by atoms with Crippen LogP contribution in [0.25, 0.3) is 0 Å². The first kappa shape index (κ1) is 16.4. The molecule has 0 fully saturated rings. The second kappa shape index (κ2) is 7.20. The van der Waals surface area contributed by atoms with Crippen molar-refractivity contribution in [1.82, 2.24) is 4.31 Å². The maximum absolute atomic E-state index is 11.5. The van der Waals surface area contributed by atoms with Gasteiger partial charge in [0, 0.05) is 38.0 Å². The van der Waals surface area contributed by atoms with Gasteiger partial charge < -0.3 is 5.32 Å². The molecule has 0 radical (unpaired) electrons. The van der Waals surface area contributed by atoms with Gasteiger partial charge in [-0.3, -0.25) is 10.1 Å². The average molecular weight is 301 g/mol. The number of nitro benzene ring substituents is 1. The van der Waals surface area contributed by atoms with Gasteiger partial charge in [0.05, 0.1) is 10.7 Å². The highest BCUT2D eigenvalue weighted by atomic mass is 32.2. The fourth-order valence-corrected chi connectivity index (χ4v) is 2.44. The van der Waals surface area contributed by atoms with Gasteiger partial charge in [-0.05, 0) is 25.5 Å². The average Bonchev–Trinajstić information content (AvgIpc) is 2.43. The first-order valence-corrected chi connectivity index (χ1v) is 7.90. The van der Waals surface area contributed by atoms with Crippen LogP contribution in [0.2, 0.25) is 0 Å². The second-order valence-electron chi connectivity index (χ2n) is 4.31. The van der Waals surface area contributed by atoms with Crippen LogP contribution >= 0.6 is 0 Å². The lowest BCUT2D eigenvalue weighted by molar-refractivity contribution is -0.384. The van der Waals surface area contributed by atoms with Crippen LogP contribution in [-0.4, -0.2) is 43.5 Å². The van der Waals surface area contributed by atoms with E-state index >= 15 is 0 Å². The smallest absolute Gasteiger partial charge is 0.269 e. The van der Waals surface area contributed by atoms with Gasteiger partial charge in [0.15, 0.2) is 0 Å². The number of hydrogen-bond donors (Lipinski definition) is 1. The van der Waals surface area contributed by atoms with Crippen LogP contribution in [0.3, 0.4) is 0 Å². The predicted octanol–water partition coefficient (Wildman–Crippen LogP) is 1.68. The Balaban J connectivity index is 2.36. The minimum absolute atomic E-state index is 0.0457. The van der Waals surface area contributed by atoms with Crippen molar-refractivity contribution in [3.63, 3.8) is 0 Å². The zero-order valence-corrected chi connectivity index (χ0v) is 12.4. The Hall–Kier alpha value is -1.67. The van der Waals surface area contributed by atoms with Crippen molar-refractivity contribution in [2.24, 2.45) is 0 Å². The summed E-state index contributed by atoms with van der Waals surface area (Å²) in [6, 6.07) is 6.11. The number of rotatable bonds is 8. The lowest BCUT2D eigenvalue weighted by Crippen LogP contribution is -2.30. The number of sulfonamides is 1. The van der Waals surface area contributed by atoms with E-state index < -0.39 is 14.9 Å². The molecule has 0 aliphatic rings. The highest BCUT2D eigenvalue weighted by Crippen LogP contribution is 2.15. The molecule has 1 aromatic rings. The number of nitrogens with one attached hydrogen (secondary N) is 1. The number of benzene rings is 1. The molecule has 1 rings (SSSR count). The first-order valence-electron chi connectivity index (χ1n) is 6.29. The van der Waals surface area contributed by atoms with E-state index in [1.54, 1.807) is 26.1 Å². The predicted molar refractivity (Wildman–Crippen MR) is 78.3 cm³/mol. The summed E-state index contributed by atoms with van der Waals surface area (Å²) >= 11 is 0. The van der Waals surface area contributed by atoms with Crippen molar-refractivity contribution in [3.05, 3.63) is 34.4 Å². The van der Waals surface area contributed by atoms with Crippen LogP contribution in [0.4, 0.5) is 11.4 Å². The first-order chi connectivity index (χ1) is 9.36. The molecule has 0 aliphatic heterocycles. The molecule has 0 heterocycles. The van der Waals surface area contributed by atoms with Gasteiger partial charge >= 0.3 is 0 Å². The van der Waals surface area contributed by atoms with Crippen molar-refractivity contribution in [2.75, 3.05) is 31.2 Å². The van der Waals surface area contributed by atoms with E-state index in [2.05, 4.69) is 5.32 Å². The summed E-state index contributed by atoms with van der Waals surface area (Å²) in [6.45, 7) is 2.65. The van der Waals surface area contributed by atoms with Crippen molar-refractivity contribution in [3.8, 4) is 0 Å². The fraction of sp³-hybridized carbons (Fsp3) is 0.500. The van der Waals surface area contributed by atoms with Crippen molar-refractivity contribution < 1.29 is 13.3 Å². The monoisotopic (exact) mass is 301 g/mol. The second-order valence-corrected chi connectivity index (χ2v) is 6.67. The van der Waals surface area contributed by atoms with Crippen molar-refractivity contribution in [2.45, 2.75) is 13.3 Å². The van der Waals surface area contributed by atoms with E-state index in [1.807, 2.05) is 0 Å². The molecule has 0 bridgehead atoms. The molecule has 8 heteroatoms. The van der Waals surface area contributed by atoms with Gasteiger partial charge in [0.1, 0.15) is 0 Å². The van der Waals surface area contributed by atoms with Crippen LogP contribution in [0.5, 0.6) is 0 Å². The Morgan fingerprint density at radius 1 is 1.30 bits per heavy atom. The van der Waals surface area contributed by atoms with E-state index in [9.17, 15) is 18.5 Å². The van der Waals surface area contributed by atoms with Crippen LogP contribution in [0.1, 0.15) is 13.3 Å². The molecule has 0 spiro atoms. The summed E-state index contributed by atoms with van der Waals surface area (Å²) in [5.74, 6) is 0.0965. The van der Waals surface area contributed by atoms with Crippen molar-refractivity contribution in [1.29, 1.82) is 0 Å². The van der Waals surface area contributed by atoms with Crippen LogP contribution < -0.4 is 5.32 Å². The van der Waals surface area contributed by atoms with Gasteiger partial charge in [-0.15, -0.1) is 0 Å². The summed E-state index contributed by atoms with van der Waals surface area (Å²) in [5.41, 5.74) is 0.820. The summed E-state index contributed by atoms with van der Waals surface area (Å²) < 4.78 is 24.4. The lowest BCUT2D eigenvalue weighted by atomic mass is 10.3. The lowest BCUT2D eigenvalue weighted by Gasteiger charge is -2.16. The third-order valence-electron chi connectivity index (χ3n) is 2.90. The molecule has 0 amide bonds. The summed E-state index contributed by atoms with van der Waals surface area (Å²) in [4.78, 5) is 10.0. The fourth-order valence-electron chi connectivity index (χ4n) is 1.59. The number of non-ortho nitro benzene ring substituents is 1. The molecule has 0 aromatic heterocycles. The number of anilines is 1. The summed E-state index contributed by atoms with van der Waals surface area (Å²) in [5, 5.41) is 13.6. The van der Waals surface area contributed by atoms with E-state index in [4.69, 9.17) is 0 Å². The van der Waals surface area contributed by atoms with Crippen LogP contribution in [0.15, 0.2) is 24.3 Å². The highest BCUT2D eigenvalue weighted by Gasteiger charge is 2.13. The number of nitro groups is 1. The van der Waals surface area contributed by atoms with Crippen molar-refractivity contribution >= 4 is 21.4 Å². The number of hydrogen-bond acceptors (Lipinski definition) is 5. The molecule has 7 nitrogen and oxygen atoms in total. The Morgan fingerprint density at radius 3 is 2.40 bits per heavy atom. The molecule has 0 saturated carbocycles. The Bertz CT molecular complexity index is 542. The highest BCUT2D eigenvalue weighted by molar-refractivity contribution is 7.89. The molecular weight excluding hydrogens is 282 g/mol. The number of nitrogens with zero attached hydrogens (tertiary/aromatic N) is 2. The minimum Gasteiger partial charge on any atom is -0.385 e. The molecule has 0 saturated heterocycles. The molecule has 20 heavy (non-hydrogen) atoms. The van der Waals surface area contributed by atoms with E-state index in [0.717, 1.165) is 5.69 Å². The Morgan fingerprint density at radius 2 is 1.90 bits per heavy atom. The molecular formula is C12H19N3O4S. The van der Waals surface area contributed by atoms with Crippen LogP contribution in [0, 0.1) is 10.1 Å². The zero-order valence-electron chi connectivity index (χ0n) is 11.6.